The van der Waals surface area contributed by atoms with Crippen molar-refractivity contribution in [3.05, 3.63) is 21.9 Å². The molecule has 1 N–H and O–H groups in total. The Hall–Kier alpha value is -0.380. The highest BCUT2D eigenvalue weighted by molar-refractivity contribution is 7.12. The van der Waals surface area contributed by atoms with Crippen LogP contribution >= 0.6 is 11.3 Å². The van der Waals surface area contributed by atoms with E-state index in [0.717, 1.165) is 13.0 Å². The van der Waals surface area contributed by atoms with Crippen molar-refractivity contribution in [1.29, 1.82) is 0 Å². The lowest BCUT2D eigenvalue weighted by molar-refractivity contribution is 0.0641. The van der Waals surface area contributed by atoms with E-state index in [-0.39, 0.29) is 0 Å². The van der Waals surface area contributed by atoms with E-state index in [1.165, 1.54) is 16.2 Å². The zero-order chi connectivity index (χ0) is 11.5. The maximum Gasteiger partial charge on any atom is 0.0803 e. The van der Waals surface area contributed by atoms with E-state index >= 15 is 0 Å². The van der Waals surface area contributed by atoms with E-state index in [1.807, 2.05) is 18.4 Å². The van der Waals surface area contributed by atoms with Crippen LogP contribution in [0.15, 0.2) is 12.1 Å². The van der Waals surface area contributed by atoms with Crippen molar-refractivity contribution < 1.29 is 4.74 Å². The number of likely N-dealkylation sites (N-methyl/N-ethyl adjacent to an activating group) is 1. The van der Waals surface area contributed by atoms with E-state index in [2.05, 4.69) is 31.3 Å². The van der Waals surface area contributed by atoms with Crippen LogP contribution in [0.5, 0.6) is 0 Å². The average Bonchev–Trinajstić information content (AvgIpc) is 2.90. The molecule has 90 valence electrons. The van der Waals surface area contributed by atoms with Crippen LogP contribution in [0.25, 0.3) is 0 Å². The fraction of sp³-hybridized carbons (Fsp3) is 0.692. The molecule has 1 aliphatic rings. The highest BCUT2D eigenvalue weighted by Crippen LogP contribution is 2.34. The molecule has 1 aliphatic heterocycles. The van der Waals surface area contributed by atoms with Crippen LogP contribution in [-0.2, 0) is 11.2 Å². The normalized spacial score (nSPS) is 27.2. The molecule has 0 bridgehead atoms. The zero-order valence-corrected chi connectivity index (χ0v) is 11.1. The maximum atomic E-state index is 5.86. The zero-order valence-electron chi connectivity index (χ0n) is 10.3. The van der Waals surface area contributed by atoms with Gasteiger partial charge in [0, 0.05) is 16.4 Å². The van der Waals surface area contributed by atoms with Gasteiger partial charge in [0.15, 0.2) is 0 Å². The first-order valence-electron chi connectivity index (χ1n) is 6.13. The van der Waals surface area contributed by atoms with E-state index < -0.39 is 0 Å². The Morgan fingerprint density at radius 2 is 2.38 bits per heavy atom. The van der Waals surface area contributed by atoms with Gasteiger partial charge in [-0.2, -0.15) is 0 Å². The number of ether oxygens (including phenoxy) is 1. The molecule has 16 heavy (non-hydrogen) atoms. The monoisotopic (exact) mass is 239 g/mol. The Morgan fingerprint density at radius 3 is 2.88 bits per heavy atom. The van der Waals surface area contributed by atoms with Gasteiger partial charge in [0.2, 0.25) is 0 Å². The minimum absolute atomic E-state index is 0.341. The van der Waals surface area contributed by atoms with E-state index in [4.69, 9.17) is 4.74 Å². The van der Waals surface area contributed by atoms with Crippen molar-refractivity contribution in [2.45, 2.75) is 38.8 Å². The first kappa shape index (κ1) is 12.1. The molecule has 0 saturated carbocycles. The van der Waals surface area contributed by atoms with Gasteiger partial charge in [-0.1, -0.05) is 13.8 Å². The summed E-state index contributed by atoms with van der Waals surface area (Å²) < 4.78 is 5.86. The van der Waals surface area contributed by atoms with Crippen molar-refractivity contribution in [2.24, 2.45) is 5.92 Å². The van der Waals surface area contributed by atoms with E-state index in [9.17, 15) is 0 Å². The average molecular weight is 239 g/mol. The quantitative estimate of drug-likeness (QED) is 0.872. The van der Waals surface area contributed by atoms with Gasteiger partial charge in [0.05, 0.1) is 12.1 Å². The molecule has 1 aromatic heterocycles. The standard InChI is InChI=1S/C13H21NOS/c1-4-10-5-6-11(16-10)12(14-3)13-9(2)7-8-15-13/h5-6,9,12-14H,4,7-8H2,1-3H3. The summed E-state index contributed by atoms with van der Waals surface area (Å²) in [6.45, 7) is 5.41. The summed E-state index contributed by atoms with van der Waals surface area (Å²) in [5.74, 6) is 0.657. The number of hydrogen-bond acceptors (Lipinski definition) is 3. The fourth-order valence-corrected chi connectivity index (χ4v) is 3.46. The lowest BCUT2D eigenvalue weighted by Gasteiger charge is -2.24. The Morgan fingerprint density at radius 1 is 1.56 bits per heavy atom. The van der Waals surface area contributed by atoms with Crippen LogP contribution in [0.3, 0.4) is 0 Å². The molecule has 0 aromatic carbocycles. The fourth-order valence-electron chi connectivity index (χ4n) is 2.36. The van der Waals surface area contributed by atoms with Gasteiger partial charge in [-0.15, -0.1) is 11.3 Å². The van der Waals surface area contributed by atoms with Crippen LogP contribution in [0.2, 0.25) is 0 Å². The van der Waals surface area contributed by atoms with Crippen molar-refractivity contribution in [1.82, 2.24) is 5.32 Å². The van der Waals surface area contributed by atoms with Crippen LogP contribution in [0.4, 0.5) is 0 Å². The van der Waals surface area contributed by atoms with Crippen molar-refractivity contribution >= 4 is 11.3 Å². The second-order valence-corrected chi connectivity index (χ2v) is 5.73. The summed E-state index contributed by atoms with van der Waals surface area (Å²) in [5.41, 5.74) is 0. The third kappa shape index (κ3) is 2.31. The largest absolute Gasteiger partial charge is 0.376 e. The molecule has 1 fully saturated rings. The second kappa shape index (κ2) is 5.30. The van der Waals surface area contributed by atoms with Gasteiger partial charge in [-0.05, 0) is 37.9 Å². The molecule has 0 amide bonds. The van der Waals surface area contributed by atoms with Crippen LogP contribution < -0.4 is 5.32 Å². The van der Waals surface area contributed by atoms with Gasteiger partial charge >= 0.3 is 0 Å². The molecule has 0 radical (unpaired) electrons. The third-order valence-corrected chi connectivity index (χ3v) is 4.73. The minimum atomic E-state index is 0.341. The summed E-state index contributed by atoms with van der Waals surface area (Å²) in [6, 6.07) is 4.85. The van der Waals surface area contributed by atoms with Crippen molar-refractivity contribution in [3.63, 3.8) is 0 Å². The summed E-state index contributed by atoms with van der Waals surface area (Å²) >= 11 is 1.91. The minimum Gasteiger partial charge on any atom is -0.376 e. The highest BCUT2D eigenvalue weighted by Gasteiger charge is 2.32. The first-order chi connectivity index (χ1) is 7.76. The number of nitrogens with one attached hydrogen (secondary N) is 1. The summed E-state index contributed by atoms with van der Waals surface area (Å²) in [5, 5.41) is 3.41. The van der Waals surface area contributed by atoms with E-state index in [1.54, 1.807) is 0 Å². The van der Waals surface area contributed by atoms with E-state index in [0.29, 0.717) is 18.1 Å². The molecule has 3 unspecified atom stereocenters. The SMILES string of the molecule is CCc1ccc(C(NC)C2OCCC2C)s1. The molecule has 1 aromatic rings. The molecular formula is C13H21NOS. The number of aryl methyl sites for hydroxylation is 1. The molecule has 3 heteroatoms. The maximum absolute atomic E-state index is 5.86. The predicted molar refractivity (Wildman–Crippen MR) is 69.0 cm³/mol. The number of thiophene rings is 1. The topological polar surface area (TPSA) is 21.3 Å². The molecule has 2 nitrogen and oxygen atoms in total. The Kier molecular flexibility index (Phi) is 4.00. The van der Waals surface area contributed by atoms with Crippen molar-refractivity contribution in [3.8, 4) is 0 Å². The van der Waals surface area contributed by atoms with Gasteiger partial charge in [0.1, 0.15) is 0 Å². The van der Waals surface area contributed by atoms with Crippen LogP contribution in [-0.4, -0.2) is 19.8 Å². The first-order valence-corrected chi connectivity index (χ1v) is 6.95. The van der Waals surface area contributed by atoms with Crippen LogP contribution in [0.1, 0.15) is 36.1 Å². The number of rotatable bonds is 4. The van der Waals surface area contributed by atoms with Crippen LogP contribution in [0, 0.1) is 5.92 Å². The highest BCUT2D eigenvalue weighted by atomic mass is 32.1. The van der Waals surface area contributed by atoms with Gasteiger partial charge in [0.25, 0.3) is 0 Å². The number of hydrogen-bond donors (Lipinski definition) is 1. The van der Waals surface area contributed by atoms with Gasteiger partial charge in [-0.25, -0.2) is 0 Å². The van der Waals surface area contributed by atoms with Gasteiger partial charge in [-0.3, -0.25) is 0 Å². The predicted octanol–water partition coefficient (Wildman–Crippen LogP) is 3.00. The van der Waals surface area contributed by atoms with Crippen molar-refractivity contribution in [2.75, 3.05) is 13.7 Å². The molecule has 3 atom stereocenters. The second-order valence-electron chi connectivity index (χ2n) is 4.53. The third-order valence-electron chi connectivity index (χ3n) is 3.42. The molecule has 2 heterocycles. The van der Waals surface area contributed by atoms with Gasteiger partial charge < -0.3 is 10.1 Å². The summed E-state index contributed by atoms with van der Waals surface area (Å²) in [7, 11) is 2.03. The molecule has 1 saturated heterocycles. The molecular weight excluding hydrogens is 218 g/mol. The summed E-state index contributed by atoms with van der Waals surface area (Å²) in [4.78, 5) is 2.87. The Bertz CT molecular complexity index is 336. The summed E-state index contributed by atoms with van der Waals surface area (Å²) in [6.07, 6.45) is 2.66. The molecule has 2 rings (SSSR count). The lowest BCUT2D eigenvalue weighted by Crippen LogP contribution is -2.31. The Balaban J connectivity index is 2.15. The smallest absolute Gasteiger partial charge is 0.0803 e. The molecule has 0 aliphatic carbocycles. The molecule has 0 spiro atoms. The Labute approximate surface area is 102 Å². The lowest BCUT2D eigenvalue weighted by atomic mass is 9.97.